The lowest BCUT2D eigenvalue weighted by Crippen LogP contribution is -2.46. The molecule has 2 heterocycles. The first-order valence-electron chi connectivity index (χ1n) is 11.8. The van der Waals surface area contributed by atoms with Crippen LogP contribution >= 0.6 is 24.0 Å². The summed E-state index contributed by atoms with van der Waals surface area (Å²) in [5.74, 6) is 0.866. The Balaban J connectivity index is 0.00000363. The molecule has 180 valence electrons. The molecule has 0 saturated carbocycles. The maximum absolute atomic E-state index is 11.8. The van der Waals surface area contributed by atoms with E-state index in [1.807, 2.05) is 0 Å². The second-order valence-electron chi connectivity index (χ2n) is 8.43. The van der Waals surface area contributed by atoms with E-state index in [-0.39, 0.29) is 35.9 Å². The maximum Gasteiger partial charge on any atom is 0.308 e. The van der Waals surface area contributed by atoms with E-state index in [4.69, 9.17) is 9.73 Å². The number of hydrogen-bond donors (Lipinski definition) is 1. The Bertz CT molecular complexity index is 729. The Morgan fingerprint density at radius 3 is 2.25 bits per heavy atom. The van der Waals surface area contributed by atoms with E-state index in [0.717, 1.165) is 77.7 Å². The maximum atomic E-state index is 11.8. The fraction of sp³-hybridized carbons (Fsp3) is 0.667. The number of methoxy groups -OCH3 is 1. The summed E-state index contributed by atoms with van der Waals surface area (Å²) in [4.78, 5) is 24.1. The summed E-state index contributed by atoms with van der Waals surface area (Å²) in [5, 5.41) is 3.44. The van der Waals surface area contributed by atoms with Crippen LogP contribution in [0.2, 0.25) is 0 Å². The third-order valence-electron chi connectivity index (χ3n) is 6.49. The summed E-state index contributed by atoms with van der Waals surface area (Å²) < 4.78 is 4.92. The molecule has 1 aromatic carbocycles. The van der Waals surface area contributed by atoms with Gasteiger partial charge in [-0.2, -0.15) is 0 Å². The predicted molar refractivity (Wildman–Crippen MR) is 140 cm³/mol. The standard InChI is InChI=1S/C24H39N5O2.HI/c1-4-25-24(29-12-10-20(11-13-29)23(30)31-3)26-18-21-8-6-7-9-22(21)19-28-16-14-27(5-2)15-17-28;/h6-9,20H,4-5,10-19H2,1-3H3,(H,25,26);1H. The van der Waals surface area contributed by atoms with Crippen molar-refractivity contribution in [1.29, 1.82) is 0 Å². The Hall–Kier alpha value is -1.39. The predicted octanol–water partition coefficient (Wildman–Crippen LogP) is 2.79. The van der Waals surface area contributed by atoms with Gasteiger partial charge in [0.2, 0.25) is 0 Å². The Morgan fingerprint density at radius 2 is 1.66 bits per heavy atom. The zero-order valence-corrected chi connectivity index (χ0v) is 22.2. The minimum atomic E-state index is -0.0877. The number of nitrogens with one attached hydrogen (secondary N) is 1. The van der Waals surface area contributed by atoms with E-state index in [1.165, 1.54) is 18.2 Å². The third-order valence-corrected chi connectivity index (χ3v) is 6.49. The van der Waals surface area contributed by atoms with Crippen LogP contribution in [0, 0.1) is 5.92 Å². The van der Waals surface area contributed by atoms with E-state index in [2.05, 4.69) is 58.1 Å². The monoisotopic (exact) mass is 557 g/mol. The number of carbonyl (C=O) groups excluding carboxylic acids is 1. The highest BCUT2D eigenvalue weighted by molar-refractivity contribution is 14.0. The first-order chi connectivity index (χ1) is 15.1. The SMILES string of the molecule is CCNC(=NCc1ccccc1CN1CCN(CC)CC1)N1CCC(C(=O)OC)CC1.I. The molecule has 0 atom stereocenters. The van der Waals surface area contributed by atoms with Gasteiger partial charge in [-0.3, -0.25) is 9.69 Å². The second kappa shape index (κ2) is 14.0. The van der Waals surface area contributed by atoms with Gasteiger partial charge in [0.05, 0.1) is 19.6 Å². The van der Waals surface area contributed by atoms with E-state index in [9.17, 15) is 4.79 Å². The van der Waals surface area contributed by atoms with Gasteiger partial charge in [-0.15, -0.1) is 24.0 Å². The quantitative estimate of drug-likeness (QED) is 0.241. The molecule has 32 heavy (non-hydrogen) atoms. The van der Waals surface area contributed by atoms with Crippen LogP contribution in [-0.2, 0) is 22.6 Å². The first kappa shape index (κ1) is 26.9. The highest BCUT2D eigenvalue weighted by Crippen LogP contribution is 2.19. The van der Waals surface area contributed by atoms with Crippen molar-refractivity contribution < 1.29 is 9.53 Å². The lowest BCUT2D eigenvalue weighted by molar-refractivity contribution is -0.146. The molecule has 0 aromatic heterocycles. The van der Waals surface area contributed by atoms with Gasteiger partial charge in [0.25, 0.3) is 0 Å². The fourth-order valence-electron chi connectivity index (χ4n) is 4.45. The fourth-order valence-corrected chi connectivity index (χ4v) is 4.45. The smallest absolute Gasteiger partial charge is 0.308 e. The first-order valence-corrected chi connectivity index (χ1v) is 11.8. The van der Waals surface area contributed by atoms with Gasteiger partial charge in [0.15, 0.2) is 5.96 Å². The van der Waals surface area contributed by atoms with Crippen molar-refractivity contribution >= 4 is 35.9 Å². The van der Waals surface area contributed by atoms with Gasteiger partial charge in [0, 0.05) is 52.4 Å². The number of guanidine groups is 1. The molecule has 0 aliphatic carbocycles. The van der Waals surface area contributed by atoms with Gasteiger partial charge in [-0.05, 0) is 37.4 Å². The molecule has 8 heteroatoms. The number of esters is 1. The average Bonchev–Trinajstić information content (AvgIpc) is 2.82. The van der Waals surface area contributed by atoms with Gasteiger partial charge in [0.1, 0.15) is 0 Å². The van der Waals surface area contributed by atoms with Crippen LogP contribution in [-0.4, -0.2) is 86.1 Å². The highest BCUT2D eigenvalue weighted by atomic mass is 127. The Morgan fingerprint density at radius 1 is 1.03 bits per heavy atom. The topological polar surface area (TPSA) is 60.4 Å². The molecular formula is C24H40IN5O2. The number of likely N-dealkylation sites (N-methyl/N-ethyl adjacent to an activating group) is 1. The van der Waals surface area contributed by atoms with Crippen LogP contribution in [0.25, 0.3) is 0 Å². The van der Waals surface area contributed by atoms with Crippen LogP contribution in [0.3, 0.4) is 0 Å². The van der Waals surface area contributed by atoms with Crippen LogP contribution in [0.15, 0.2) is 29.3 Å². The molecule has 7 nitrogen and oxygen atoms in total. The number of piperazine rings is 1. The number of rotatable bonds is 7. The van der Waals surface area contributed by atoms with Crippen molar-refractivity contribution in [2.45, 2.75) is 39.8 Å². The Labute approximate surface area is 210 Å². The molecule has 0 unspecified atom stereocenters. The summed E-state index contributed by atoms with van der Waals surface area (Å²) in [6.45, 7) is 14.2. The average molecular weight is 558 g/mol. The van der Waals surface area contributed by atoms with E-state index >= 15 is 0 Å². The van der Waals surface area contributed by atoms with Crippen molar-refractivity contribution in [1.82, 2.24) is 20.0 Å². The number of benzene rings is 1. The lowest BCUT2D eigenvalue weighted by Gasteiger charge is -2.34. The summed E-state index contributed by atoms with van der Waals surface area (Å²) in [6, 6.07) is 8.69. The number of nitrogens with zero attached hydrogens (tertiary/aromatic N) is 4. The molecule has 2 aliphatic heterocycles. The lowest BCUT2D eigenvalue weighted by atomic mass is 9.97. The van der Waals surface area contributed by atoms with Crippen LogP contribution in [0.4, 0.5) is 0 Å². The zero-order valence-electron chi connectivity index (χ0n) is 19.9. The normalized spacial score (nSPS) is 18.8. The molecule has 0 spiro atoms. The van der Waals surface area contributed by atoms with Crippen molar-refractivity contribution in [3.63, 3.8) is 0 Å². The van der Waals surface area contributed by atoms with Crippen molar-refractivity contribution in [2.75, 3.05) is 59.5 Å². The molecule has 3 rings (SSSR count). The molecule has 0 bridgehead atoms. The van der Waals surface area contributed by atoms with Gasteiger partial charge < -0.3 is 19.9 Å². The highest BCUT2D eigenvalue weighted by Gasteiger charge is 2.27. The molecule has 1 aromatic rings. The van der Waals surface area contributed by atoms with Crippen molar-refractivity contribution in [3.05, 3.63) is 35.4 Å². The summed E-state index contributed by atoms with van der Waals surface area (Å²) in [5.41, 5.74) is 2.66. The number of aliphatic imine (C=N–C) groups is 1. The van der Waals surface area contributed by atoms with Crippen LogP contribution < -0.4 is 5.32 Å². The minimum Gasteiger partial charge on any atom is -0.469 e. The molecule has 0 amide bonds. The molecule has 2 aliphatic rings. The summed E-state index contributed by atoms with van der Waals surface area (Å²) >= 11 is 0. The van der Waals surface area contributed by atoms with E-state index in [0.29, 0.717) is 6.54 Å². The number of hydrogen-bond acceptors (Lipinski definition) is 5. The molecular weight excluding hydrogens is 517 g/mol. The minimum absolute atomic E-state index is 0. The van der Waals surface area contributed by atoms with Gasteiger partial charge >= 0.3 is 5.97 Å². The number of piperidine rings is 1. The van der Waals surface area contributed by atoms with Crippen molar-refractivity contribution in [3.8, 4) is 0 Å². The number of halogens is 1. The van der Waals surface area contributed by atoms with Crippen molar-refractivity contribution in [2.24, 2.45) is 10.9 Å². The summed E-state index contributed by atoms with van der Waals surface area (Å²) in [6.07, 6.45) is 1.63. The summed E-state index contributed by atoms with van der Waals surface area (Å²) in [7, 11) is 1.47. The number of likely N-dealkylation sites (tertiary alicyclic amines) is 1. The Kier molecular flexibility index (Phi) is 11.7. The van der Waals surface area contributed by atoms with Gasteiger partial charge in [-0.25, -0.2) is 4.99 Å². The molecule has 1 N–H and O–H groups in total. The number of ether oxygens (including phenoxy) is 1. The van der Waals surface area contributed by atoms with Crippen LogP contribution in [0.1, 0.15) is 37.8 Å². The molecule has 2 fully saturated rings. The van der Waals surface area contributed by atoms with E-state index < -0.39 is 0 Å². The largest absolute Gasteiger partial charge is 0.469 e. The van der Waals surface area contributed by atoms with Crippen LogP contribution in [0.5, 0.6) is 0 Å². The zero-order chi connectivity index (χ0) is 22.1. The third kappa shape index (κ3) is 7.59. The second-order valence-corrected chi connectivity index (χ2v) is 8.43. The molecule has 0 radical (unpaired) electrons. The molecule has 2 saturated heterocycles. The number of carbonyl (C=O) groups is 1. The van der Waals surface area contributed by atoms with Gasteiger partial charge in [-0.1, -0.05) is 31.2 Å². The van der Waals surface area contributed by atoms with E-state index in [1.54, 1.807) is 0 Å².